The lowest BCUT2D eigenvalue weighted by atomic mass is 9.67. The molecule has 4 unspecified atom stereocenters. The summed E-state index contributed by atoms with van der Waals surface area (Å²) in [6.45, 7) is 3.99. The Bertz CT molecular complexity index is 951. The van der Waals surface area contributed by atoms with E-state index in [9.17, 15) is 33.0 Å². The molecule has 2 aliphatic rings. The van der Waals surface area contributed by atoms with Gasteiger partial charge in [0.25, 0.3) is 0 Å². The van der Waals surface area contributed by atoms with E-state index in [1.165, 1.54) is 13.2 Å². The predicted octanol–water partition coefficient (Wildman–Crippen LogP) is 2.30. The highest BCUT2D eigenvalue weighted by atomic mass is 19.4. The molecule has 0 aromatic heterocycles. The zero-order chi connectivity index (χ0) is 26.1. The number of ether oxygens (including phenoxy) is 1. The van der Waals surface area contributed by atoms with Gasteiger partial charge >= 0.3 is 18.1 Å². The lowest BCUT2D eigenvalue weighted by Gasteiger charge is -2.38. The number of nitrogens with one attached hydrogen (secondary N) is 1. The van der Waals surface area contributed by atoms with Gasteiger partial charge < -0.3 is 31.1 Å². The van der Waals surface area contributed by atoms with E-state index in [4.69, 9.17) is 20.4 Å². The molecule has 9 nitrogen and oxygen atoms in total. The molecule has 1 aromatic carbocycles. The summed E-state index contributed by atoms with van der Waals surface area (Å²) in [7, 11) is 1.45. The SMILES string of the molecule is COc1cc(CC(N)C(=O)NC2CC3CCC2(C(=O)O)C3(C)C)ccc1O.O=C(O)C(F)(F)F. The van der Waals surface area contributed by atoms with Gasteiger partial charge in [-0.05, 0) is 54.7 Å². The van der Waals surface area contributed by atoms with Gasteiger partial charge in [-0.3, -0.25) is 9.59 Å². The van der Waals surface area contributed by atoms with Crippen LogP contribution in [0.15, 0.2) is 18.2 Å². The molecule has 34 heavy (non-hydrogen) atoms. The summed E-state index contributed by atoms with van der Waals surface area (Å²) in [6, 6.07) is 3.60. The number of amides is 1. The molecule has 1 aromatic rings. The van der Waals surface area contributed by atoms with Gasteiger partial charge in [-0.1, -0.05) is 19.9 Å². The third-order valence-electron chi connectivity index (χ3n) is 7.15. The van der Waals surface area contributed by atoms with Crippen LogP contribution in [0.3, 0.4) is 0 Å². The number of nitrogens with two attached hydrogens (primary N) is 1. The number of carbonyl (C=O) groups is 3. The molecule has 3 rings (SSSR count). The van der Waals surface area contributed by atoms with Gasteiger partial charge in [0.1, 0.15) is 0 Å². The Kier molecular flexibility index (Phi) is 7.76. The third-order valence-corrected chi connectivity index (χ3v) is 7.15. The van der Waals surface area contributed by atoms with Gasteiger partial charge in [-0.25, -0.2) is 4.79 Å². The van der Waals surface area contributed by atoms with Crippen molar-refractivity contribution >= 4 is 17.8 Å². The van der Waals surface area contributed by atoms with Crippen LogP contribution in [0.4, 0.5) is 13.2 Å². The second-order valence-electron chi connectivity index (χ2n) is 9.15. The summed E-state index contributed by atoms with van der Waals surface area (Å²) in [4.78, 5) is 33.7. The van der Waals surface area contributed by atoms with Gasteiger partial charge in [0, 0.05) is 6.04 Å². The molecule has 2 bridgehead atoms. The number of hydrogen-bond donors (Lipinski definition) is 5. The Morgan fingerprint density at radius 2 is 1.85 bits per heavy atom. The van der Waals surface area contributed by atoms with Crippen LogP contribution in [-0.4, -0.2) is 58.5 Å². The molecule has 2 saturated carbocycles. The summed E-state index contributed by atoms with van der Waals surface area (Å²) < 4.78 is 36.8. The minimum absolute atomic E-state index is 0.0203. The maximum Gasteiger partial charge on any atom is 0.490 e. The highest BCUT2D eigenvalue weighted by Crippen LogP contribution is 2.65. The molecule has 2 aliphatic carbocycles. The van der Waals surface area contributed by atoms with Crippen LogP contribution in [0.2, 0.25) is 0 Å². The van der Waals surface area contributed by atoms with E-state index in [0.717, 1.165) is 12.0 Å². The number of carbonyl (C=O) groups excluding carboxylic acids is 1. The van der Waals surface area contributed by atoms with Gasteiger partial charge in [-0.15, -0.1) is 0 Å². The number of aromatic hydroxyl groups is 1. The Morgan fingerprint density at radius 3 is 2.32 bits per heavy atom. The Labute approximate surface area is 194 Å². The highest BCUT2D eigenvalue weighted by Gasteiger charge is 2.68. The minimum atomic E-state index is -5.08. The lowest BCUT2D eigenvalue weighted by Crippen LogP contribution is -2.56. The molecule has 0 saturated heterocycles. The number of phenolic OH excluding ortho intramolecular Hbond substituents is 1. The van der Waals surface area contributed by atoms with Crippen LogP contribution < -0.4 is 15.8 Å². The van der Waals surface area contributed by atoms with E-state index in [0.29, 0.717) is 18.6 Å². The molecule has 0 aliphatic heterocycles. The van der Waals surface area contributed by atoms with Crippen LogP contribution in [0, 0.1) is 16.7 Å². The van der Waals surface area contributed by atoms with Crippen molar-refractivity contribution in [1.82, 2.24) is 5.32 Å². The lowest BCUT2D eigenvalue weighted by molar-refractivity contribution is -0.192. The maximum atomic E-state index is 12.7. The number of rotatable bonds is 6. The average molecular weight is 490 g/mol. The largest absolute Gasteiger partial charge is 0.504 e. The summed E-state index contributed by atoms with van der Waals surface area (Å²) in [5.41, 5.74) is 5.55. The van der Waals surface area contributed by atoms with Crippen molar-refractivity contribution in [3.8, 4) is 11.5 Å². The van der Waals surface area contributed by atoms with Gasteiger partial charge in [-0.2, -0.15) is 13.2 Å². The average Bonchev–Trinajstić information content (AvgIpc) is 3.11. The number of carboxylic acids is 2. The molecule has 0 radical (unpaired) electrons. The number of carboxylic acid groups (broad SMARTS) is 2. The number of benzene rings is 1. The van der Waals surface area contributed by atoms with Crippen LogP contribution >= 0.6 is 0 Å². The first-order valence-electron chi connectivity index (χ1n) is 10.5. The number of hydrogen-bond acceptors (Lipinski definition) is 6. The van der Waals surface area contributed by atoms with E-state index in [-0.39, 0.29) is 29.4 Å². The molecular formula is C22H29F3N2O7. The minimum Gasteiger partial charge on any atom is -0.504 e. The fraction of sp³-hybridized carbons (Fsp3) is 0.591. The first-order valence-corrected chi connectivity index (χ1v) is 10.5. The zero-order valence-electron chi connectivity index (χ0n) is 19.0. The fourth-order valence-electron chi connectivity index (χ4n) is 5.16. The van der Waals surface area contributed by atoms with Crippen molar-refractivity contribution in [3.63, 3.8) is 0 Å². The zero-order valence-corrected chi connectivity index (χ0v) is 19.0. The van der Waals surface area contributed by atoms with E-state index in [1.54, 1.807) is 12.1 Å². The Morgan fingerprint density at radius 1 is 1.26 bits per heavy atom. The second-order valence-corrected chi connectivity index (χ2v) is 9.15. The number of aliphatic carboxylic acids is 2. The number of fused-ring (bicyclic) bond motifs is 2. The molecule has 4 atom stereocenters. The predicted molar refractivity (Wildman–Crippen MR) is 113 cm³/mol. The van der Waals surface area contributed by atoms with Gasteiger partial charge in [0.05, 0.1) is 18.6 Å². The van der Waals surface area contributed by atoms with E-state index < -0.39 is 35.6 Å². The summed E-state index contributed by atoms with van der Waals surface area (Å²) in [5.74, 6) is -3.32. The Hall–Kier alpha value is -3.02. The number of phenols is 1. The maximum absolute atomic E-state index is 12.7. The quantitative estimate of drug-likeness (QED) is 0.406. The molecule has 0 heterocycles. The van der Waals surface area contributed by atoms with E-state index in [1.807, 2.05) is 13.8 Å². The third kappa shape index (κ3) is 5.06. The topological polar surface area (TPSA) is 159 Å². The van der Waals surface area contributed by atoms with Crippen LogP contribution in [0.25, 0.3) is 0 Å². The van der Waals surface area contributed by atoms with Crippen LogP contribution in [0.1, 0.15) is 38.7 Å². The number of alkyl halides is 3. The van der Waals surface area contributed by atoms with Crippen molar-refractivity contribution in [2.24, 2.45) is 22.5 Å². The van der Waals surface area contributed by atoms with E-state index in [2.05, 4.69) is 5.32 Å². The summed E-state index contributed by atoms with van der Waals surface area (Å²) in [6.07, 6.45) is -2.69. The normalized spacial score (nSPS) is 25.6. The molecule has 12 heteroatoms. The monoisotopic (exact) mass is 490 g/mol. The smallest absolute Gasteiger partial charge is 0.490 e. The summed E-state index contributed by atoms with van der Waals surface area (Å²) >= 11 is 0. The standard InChI is InChI=1S/C20H28N2O5.C2HF3O2/c1-19(2)12-6-7-20(19,18(25)26)16(10-12)22-17(24)13(21)8-11-4-5-14(23)15(9-11)27-3;3-2(4,5)1(6)7/h4-5,9,12-13,16,23H,6-8,10,21H2,1-3H3,(H,22,24)(H,25,26);(H,6,7). The molecular weight excluding hydrogens is 461 g/mol. The van der Waals surface area contributed by atoms with Crippen LogP contribution in [0.5, 0.6) is 11.5 Å². The van der Waals surface area contributed by atoms with E-state index >= 15 is 0 Å². The summed E-state index contributed by atoms with van der Waals surface area (Å²) in [5, 5.41) is 29.7. The molecule has 1 amide bonds. The molecule has 190 valence electrons. The van der Waals surface area contributed by atoms with Crippen LogP contribution in [-0.2, 0) is 20.8 Å². The number of halogens is 3. The van der Waals surface area contributed by atoms with Crippen molar-refractivity contribution in [2.75, 3.05) is 7.11 Å². The fourth-order valence-corrected chi connectivity index (χ4v) is 5.16. The molecule has 6 N–H and O–H groups in total. The van der Waals surface area contributed by atoms with Crippen molar-refractivity contribution in [3.05, 3.63) is 23.8 Å². The van der Waals surface area contributed by atoms with Crippen molar-refractivity contribution in [1.29, 1.82) is 0 Å². The van der Waals surface area contributed by atoms with Crippen molar-refractivity contribution in [2.45, 2.75) is 57.8 Å². The first kappa shape index (κ1) is 27.2. The highest BCUT2D eigenvalue weighted by molar-refractivity contribution is 5.85. The second kappa shape index (κ2) is 9.69. The van der Waals surface area contributed by atoms with Crippen molar-refractivity contribution < 1.29 is 47.6 Å². The van der Waals surface area contributed by atoms with Gasteiger partial charge in [0.15, 0.2) is 11.5 Å². The first-order chi connectivity index (χ1) is 15.6. The molecule has 2 fully saturated rings. The molecule has 0 spiro atoms. The number of methoxy groups -OCH3 is 1. The van der Waals surface area contributed by atoms with Gasteiger partial charge in [0.2, 0.25) is 5.91 Å². The Balaban J connectivity index is 0.000000509.